The van der Waals surface area contributed by atoms with Gasteiger partial charge in [-0.25, -0.2) is 9.67 Å². The van der Waals surface area contributed by atoms with Crippen LogP contribution in [0.15, 0.2) is 79.4 Å². The van der Waals surface area contributed by atoms with Crippen LogP contribution in [-0.4, -0.2) is 25.7 Å². The number of carbonyl (C=O) groups is 1. The molecule has 1 amide bonds. The predicted molar refractivity (Wildman–Crippen MR) is 109 cm³/mol. The molecule has 4 rings (SSSR count). The molecule has 0 spiro atoms. The van der Waals surface area contributed by atoms with E-state index in [9.17, 15) is 4.79 Å². The second-order valence-electron chi connectivity index (χ2n) is 6.37. The number of aromatic nitrogens is 4. The molecule has 1 N–H and O–H groups in total. The van der Waals surface area contributed by atoms with Crippen LogP contribution in [0, 0.1) is 6.92 Å². The largest absolute Gasteiger partial charge is 0.489 e. The zero-order valence-corrected chi connectivity index (χ0v) is 15.8. The molecule has 4 aromatic rings. The van der Waals surface area contributed by atoms with Crippen molar-refractivity contribution in [3.63, 3.8) is 0 Å². The Kier molecular flexibility index (Phi) is 5.29. The Morgan fingerprint density at radius 3 is 2.62 bits per heavy atom. The highest BCUT2D eigenvalue weighted by molar-refractivity contribution is 6.05. The van der Waals surface area contributed by atoms with Gasteiger partial charge < -0.3 is 10.1 Å². The summed E-state index contributed by atoms with van der Waals surface area (Å²) in [5.41, 5.74) is 2.88. The van der Waals surface area contributed by atoms with Gasteiger partial charge in [0.2, 0.25) is 0 Å². The summed E-state index contributed by atoms with van der Waals surface area (Å²) in [7, 11) is 0. The molecule has 0 aliphatic carbocycles. The molecule has 144 valence electrons. The fraction of sp³-hybridized carbons (Fsp3) is 0.0909. The highest BCUT2D eigenvalue weighted by Gasteiger charge is 2.15. The number of hydrogen-bond acceptors (Lipinski definition) is 5. The summed E-state index contributed by atoms with van der Waals surface area (Å²) in [4.78, 5) is 21.0. The number of anilines is 1. The van der Waals surface area contributed by atoms with Crippen molar-refractivity contribution in [1.82, 2.24) is 19.7 Å². The smallest absolute Gasteiger partial charge is 0.259 e. The van der Waals surface area contributed by atoms with E-state index in [0.717, 1.165) is 11.3 Å². The minimum Gasteiger partial charge on any atom is -0.489 e. The van der Waals surface area contributed by atoms with Gasteiger partial charge in [0.05, 0.1) is 17.5 Å². The van der Waals surface area contributed by atoms with Crippen molar-refractivity contribution in [1.29, 1.82) is 0 Å². The standard InChI is InChI=1S/C22H19N5O2/c1-16-20(14-25-27(16)21-6-2-3-12-24-21)22(28)26-18-7-9-19(10-8-18)29-15-17-5-4-11-23-13-17/h2-14H,15H2,1H3,(H,26,28). The molecule has 0 bridgehead atoms. The molecular weight excluding hydrogens is 366 g/mol. The van der Waals surface area contributed by atoms with Crippen molar-refractivity contribution in [2.45, 2.75) is 13.5 Å². The maximum Gasteiger partial charge on any atom is 0.259 e. The van der Waals surface area contributed by atoms with Crippen LogP contribution in [-0.2, 0) is 6.61 Å². The van der Waals surface area contributed by atoms with Crippen LogP contribution in [0.3, 0.4) is 0 Å². The molecule has 7 nitrogen and oxygen atoms in total. The first-order valence-corrected chi connectivity index (χ1v) is 9.10. The Labute approximate surface area is 168 Å². The summed E-state index contributed by atoms with van der Waals surface area (Å²) in [5, 5.41) is 7.17. The lowest BCUT2D eigenvalue weighted by atomic mass is 10.2. The number of amides is 1. The number of nitrogens with zero attached hydrogens (tertiary/aromatic N) is 4. The summed E-state index contributed by atoms with van der Waals surface area (Å²) < 4.78 is 7.38. The van der Waals surface area contributed by atoms with Crippen LogP contribution < -0.4 is 10.1 Å². The quantitative estimate of drug-likeness (QED) is 0.546. The Morgan fingerprint density at radius 1 is 1.03 bits per heavy atom. The normalized spacial score (nSPS) is 10.5. The third-order valence-corrected chi connectivity index (χ3v) is 4.36. The van der Waals surface area contributed by atoms with Crippen molar-refractivity contribution >= 4 is 11.6 Å². The van der Waals surface area contributed by atoms with Crippen LogP contribution in [0.5, 0.6) is 5.75 Å². The first-order valence-electron chi connectivity index (χ1n) is 9.10. The third kappa shape index (κ3) is 4.30. The fourth-order valence-corrected chi connectivity index (χ4v) is 2.83. The minimum absolute atomic E-state index is 0.228. The van der Waals surface area contributed by atoms with E-state index in [1.54, 1.807) is 41.6 Å². The van der Waals surface area contributed by atoms with Crippen LogP contribution in [0.2, 0.25) is 0 Å². The van der Waals surface area contributed by atoms with Crippen LogP contribution in [0.25, 0.3) is 5.82 Å². The van der Waals surface area contributed by atoms with Gasteiger partial charge in [-0.05, 0) is 49.4 Å². The number of ether oxygens (including phenoxy) is 1. The Bertz CT molecular complexity index is 1090. The number of pyridine rings is 2. The van der Waals surface area contributed by atoms with E-state index in [1.807, 2.05) is 49.4 Å². The lowest BCUT2D eigenvalue weighted by Crippen LogP contribution is -2.13. The lowest BCUT2D eigenvalue weighted by Gasteiger charge is -2.08. The molecule has 1 aromatic carbocycles. The topological polar surface area (TPSA) is 81.9 Å². The molecular formula is C22H19N5O2. The molecule has 3 heterocycles. The third-order valence-electron chi connectivity index (χ3n) is 4.36. The van der Waals surface area contributed by atoms with E-state index < -0.39 is 0 Å². The number of benzene rings is 1. The van der Waals surface area contributed by atoms with E-state index >= 15 is 0 Å². The number of nitrogens with one attached hydrogen (secondary N) is 1. The molecule has 0 radical (unpaired) electrons. The molecule has 29 heavy (non-hydrogen) atoms. The Morgan fingerprint density at radius 2 is 1.90 bits per heavy atom. The van der Waals surface area contributed by atoms with Gasteiger partial charge >= 0.3 is 0 Å². The SMILES string of the molecule is Cc1c(C(=O)Nc2ccc(OCc3cccnc3)cc2)cnn1-c1ccccn1. The van der Waals surface area contributed by atoms with Crippen molar-refractivity contribution < 1.29 is 9.53 Å². The Balaban J connectivity index is 1.40. The fourth-order valence-electron chi connectivity index (χ4n) is 2.83. The average molecular weight is 385 g/mol. The minimum atomic E-state index is -0.228. The van der Waals surface area contributed by atoms with Gasteiger partial charge in [0.15, 0.2) is 5.82 Å². The molecule has 3 aromatic heterocycles. The molecule has 0 unspecified atom stereocenters. The lowest BCUT2D eigenvalue weighted by molar-refractivity contribution is 0.102. The highest BCUT2D eigenvalue weighted by Crippen LogP contribution is 2.19. The van der Waals surface area contributed by atoms with Gasteiger partial charge in [0.25, 0.3) is 5.91 Å². The van der Waals surface area contributed by atoms with E-state index in [0.29, 0.717) is 29.4 Å². The van der Waals surface area contributed by atoms with E-state index in [1.165, 1.54) is 0 Å². The summed E-state index contributed by atoms with van der Waals surface area (Å²) in [6, 6.07) is 16.6. The van der Waals surface area contributed by atoms with Gasteiger partial charge in [-0.15, -0.1) is 0 Å². The van der Waals surface area contributed by atoms with Crippen molar-refractivity contribution in [3.05, 3.63) is 96.2 Å². The van der Waals surface area contributed by atoms with Gasteiger partial charge in [-0.3, -0.25) is 9.78 Å². The van der Waals surface area contributed by atoms with Crippen LogP contribution in [0.1, 0.15) is 21.6 Å². The second kappa shape index (κ2) is 8.35. The average Bonchev–Trinajstić information content (AvgIpc) is 3.16. The van der Waals surface area contributed by atoms with Gasteiger partial charge in [0, 0.05) is 29.8 Å². The van der Waals surface area contributed by atoms with E-state index in [-0.39, 0.29) is 5.91 Å². The molecule has 0 aliphatic heterocycles. The molecule has 0 saturated heterocycles. The maximum atomic E-state index is 12.7. The van der Waals surface area contributed by atoms with Crippen molar-refractivity contribution in [3.8, 4) is 11.6 Å². The number of hydrogen-bond donors (Lipinski definition) is 1. The summed E-state index contributed by atoms with van der Waals surface area (Å²) in [6.45, 7) is 2.28. The first kappa shape index (κ1) is 18.4. The highest BCUT2D eigenvalue weighted by atomic mass is 16.5. The van der Waals surface area contributed by atoms with Gasteiger partial charge in [-0.2, -0.15) is 5.10 Å². The zero-order chi connectivity index (χ0) is 20.1. The van der Waals surface area contributed by atoms with Gasteiger partial charge in [-0.1, -0.05) is 12.1 Å². The summed E-state index contributed by atoms with van der Waals surface area (Å²) in [6.07, 6.45) is 6.73. The molecule has 7 heteroatoms. The van der Waals surface area contributed by atoms with Crippen LogP contribution >= 0.6 is 0 Å². The summed E-state index contributed by atoms with van der Waals surface area (Å²) >= 11 is 0. The Hall–Kier alpha value is -4.00. The molecule has 0 atom stereocenters. The first-order chi connectivity index (χ1) is 14.2. The summed E-state index contributed by atoms with van der Waals surface area (Å²) in [5.74, 6) is 1.15. The number of carbonyl (C=O) groups excluding carboxylic acids is 1. The number of rotatable bonds is 6. The molecule has 0 fully saturated rings. The molecule has 0 aliphatic rings. The van der Waals surface area contributed by atoms with E-state index in [2.05, 4.69) is 20.4 Å². The second-order valence-corrected chi connectivity index (χ2v) is 6.37. The zero-order valence-electron chi connectivity index (χ0n) is 15.8. The predicted octanol–water partition coefficient (Wildman–Crippen LogP) is 3.80. The van der Waals surface area contributed by atoms with E-state index in [4.69, 9.17) is 4.74 Å². The monoisotopic (exact) mass is 385 g/mol. The molecule has 0 saturated carbocycles. The van der Waals surface area contributed by atoms with Crippen molar-refractivity contribution in [2.24, 2.45) is 0 Å². The van der Waals surface area contributed by atoms with Crippen LogP contribution in [0.4, 0.5) is 5.69 Å². The van der Waals surface area contributed by atoms with Gasteiger partial charge in [0.1, 0.15) is 12.4 Å². The maximum absolute atomic E-state index is 12.7. The van der Waals surface area contributed by atoms with Crippen molar-refractivity contribution in [2.75, 3.05) is 5.32 Å².